The molecule has 0 fully saturated rings. The number of carbonyl (C=O) groups excluding carboxylic acids is 1. The Hall–Kier alpha value is -2.41. The van der Waals surface area contributed by atoms with Crippen molar-refractivity contribution in [1.82, 2.24) is 19.4 Å². The molecule has 3 rings (SSSR count). The van der Waals surface area contributed by atoms with Crippen molar-refractivity contribution in [1.29, 1.82) is 0 Å². The molecule has 7 heteroatoms. The molecule has 3 aromatic rings. The van der Waals surface area contributed by atoms with Crippen molar-refractivity contribution < 1.29 is 4.79 Å². The summed E-state index contributed by atoms with van der Waals surface area (Å²) in [6.45, 7) is 2.65. The van der Waals surface area contributed by atoms with Gasteiger partial charge in [0.05, 0.1) is 17.6 Å². The number of aryl methyl sites for hydroxylation is 2. The summed E-state index contributed by atoms with van der Waals surface area (Å²) in [5.74, 6) is 0.720. The lowest BCUT2D eigenvalue weighted by Gasteiger charge is -2.07. The third-order valence-electron chi connectivity index (χ3n) is 3.86. The van der Waals surface area contributed by atoms with Gasteiger partial charge in [0.1, 0.15) is 5.82 Å². The summed E-state index contributed by atoms with van der Waals surface area (Å²) < 4.78 is 3.60. The second kappa shape index (κ2) is 6.37. The van der Waals surface area contributed by atoms with E-state index in [1.54, 1.807) is 9.95 Å². The molecule has 1 aromatic carbocycles. The van der Waals surface area contributed by atoms with Gasteiger partial charge in [-0.2, -0.15) is 0 Å². The highest BCUT2D eigenvalue weighted by Crippen LogP contribution is 2.13. The van der Waals surface area contributed by atoms with Crippen molar-refractivity contribution in [3.63, 3.8) is 0 Å². The second-order valence-electron chi connectivity index (χ2n) is 5.40. The van der Waals surface area contributed by atoms with Gasteiger partial charge in [-0.3, -0.25) is 9.59 Å². The molecule has 0 aliphatic carbocycles. The lowest BCUT2D eigenvalue weighted by atomic mass is 10.3. The van der Waals surface area contributed by atoms with E-state index in [0.29, 0.717) is 13.1 Å². The minimum Gasteiger partial charge on any atom is -0.349 e. The van der Waals surface area contributed by atoms with Gasteiger partial charge in [-0.25, -0.2) is 4.98 Å². The number of nitrogens with one attached hydrogen (secondary N) is 1. The number of carbonyl (C=O) groups is 1. The standard InChI is InChI=1S/C16H18N4O2S/c1-11-10-23-16(22)20(11)8-7-15(21)17-9-14-18-12-5-3-4-6-13(12)19(14)2/h3-6,10H,7-9H2,1-2H3,(H,17,21). The maximum atomic E-state index is 12.0. The Kier molecular flexibility index (Phi) is 4.29. The number of fused-ring (bicyclic) bond motifs is 1. The Bertz CT molecular complexity index is 906. The fourth-order valence-electron chi connectivity index (χ4n) is 2.51. The van der Waals surface area contributed by atoms with Gasteiger partial charge in [-0.15, -0.1) is 0 Å². The summed E-state index contributed by atoms with van der Waals surface area (Å²) in [6.07, 6.45) is 0.279. The zero-order valence-electron chi connectivity index (χ0n) is 13.1. The number of nitrogens with zero attached hydrogens (tertiary/aromatic N) is 3. The molecular weight excluding hydrogens is 312 g/mol. The molecule has 0 saturated heterocycles. The molecule has 1 N–H and O–H groups in total. The number of thiazole rings is 1. The number of benzene rings is 1. The molecule has 0 bridgehead atoms. The predicted octanol–water partition coefficient (Wildman–Crippen LogP) is 1.81. The van der Waals surface area contributed by atoms with Crippen LogP contribution in [-0.4, -0.2) is 20.0 Å². The number of imidazole rings is 1. The molecule has 0 saturated carbocycles. The smallest absolute Gasteiger partial charge is 0.307 e. The first kappa shape index (κ1) is 15.5. The SMILES string of the molecule is Cc1csc(=O)n1CCC(=O)NCc1nc2ccccc2n1C. The molecule has 6 nitrogen and oxygen atoms in total. The van der Waals surface area contributed by atoms with Crippen LogP contribution in [0.3, 0.4) is 0 Å². The van der Waals surface area contributed by atoms with Crippen LogP contribution in [0.25, 0.3) is 11.0 Å². The Balaban J connectivity index is 1.60. The minimum atomic E-state index is -0.0884. The highest BCUT2D eigenvalue weighted by atomic mass is 32.1. The largest absolute Gasteiger partial charge is 0.349 e. The Labute approximate surface area is 137 Å². The van der Waals surface area contributed by atoms with Crippen molar-refractivity contribution in [2.24, 2.45) is 7.05 Å². The Morgan fingerprint density at radius 1 is 1.35 bits per heavy atom. The van der Waals surface area contributed by atoms with E-state index in [2.05, 4.69) is 10.3 Å². The molecule has 2 aromatic heterocycles. The monoisotopic (exact) mass is 330 g/mol. The van der Waals surface area contributed by atoms with Gasteiger partial charge in [0, 0.05) is 31.1 Å². The summed E-state index contributed by atoms with van der Waals surface area (Å²) in [5, 5.41) is 4.67. The average molecular weight is 330 g/mol. The summed E-state index contributed by atoms with van der Waals surface area (Å²) in [7, 11) is 1.94. The topological polar surface area (TPSA) is 68.9 Å². The first-order valence-electron chi connectivity index (χ1n) is 7.38. The van der Waals surface area contributed by atoms with Crippen molar-refractivity contribution in [2.45, 2.75) is 26.4 Å². The fraction of sp³-hybridized carbons (Fsp3) is 0.312. The number of hydrogen-bond donors (Lipinski definition) is 1. The van der Waals surface area contributed by atoms with Crippen LogP contribution < -0.4 is 10.2 Å². The lowest BCUT2D eigenvalue weighted by molar-refractivity contribution is -0.121. The third-order valence-corrected chi connectivity index (χ3v) is 4.74. The summed E-state index contributed by atoms with van der Waals surface area (Å²) in [6, 6.07) is 7.86. The molecule has 1 amide bonds. The van der Waals surface area contributed by atoms with Crippen molar-refractivity contribution in [3.05, 3.63) is 50.8 Å². The predicted molar refractivity (Wildman–Crippen MR) is 90.5 cm³/mol. The number of amides is 1. The first-order chi connectivity index (χ1) is 11.1. The first-order valence-corrected chi connectivity index (χ1v) is 8.26. The van der Waals surface area contributed by atoms with E-state index in [-0.39, 0.29) is 17.2 Å². The Morgan fingerprint density at radius 3 is 2.83 bits per heavy atom. The number of hydrogen-bond acceptors (Lipinski definition) is 4. The van der Waals surface area contributed by atoms with E-state index in [9.17, 15) is 9.59 Å². The van der Waals surface area contributed by atoms with Gasteiger partial charge in [-0.1, -0.05) is 23.5 Å². The quantitative estimate of drug-likeness (QED) is 0.776. The molecule has 120 valence electrons. The zero-order valence-corrected chi connectivity index (χ0v) is 13.9. The van der Waals surface area contributed by atoms with Gasteiger partial charge in [0.2, 0.25) is 5.91 Å². The minimum absolute atomic E-state index is 0.0225. The van der Waals surface area contributed by atoms with Gasteiger partial charge < -0.3 is 14.5 Å². The molecule has 0 unspecified atom stereocenters. The van der Waals surface area contributed by atoms with Gasteiger partial charge in [0.15, 0.2) is 0 Å². The van der Waals surface area contributed by atoms with Crippen LogP contribution in [0.15, 0.2) is 34.4 Å². The Morgan fingerprint density at radius 2 is 2.13 bits per heavy atom. The molecule has 0 aliphatic rings. The van der Waals surface area contributed by atoms with E-state index < -0.39 is 0 Å². The van der Waals surface area contributed by atoms with E-state index in [4.69, 9.17) is 0 Å². The summed E-state index contributed by atoms with van der Waals surface area (Å²) >= 11 is 1.16. The number of para-hydroxylation sites is 2. The van der Waals surface area contributed by atoms with Crippen LogP contribution in [0.2, 0.25) is 0 Å². The molecular formula is C16H18N4O2S. The maximum Gasteiger partial charge on any atom is 0.307 e. The van der Waals surface area contributed by atoms with Crippen LogP contribution in [-0.2, 0) is 24.9 Å². The van der Waals surface area contributed by atoms with Crippen LogP contribution in [0.1, 0.15) is 17.9 Å². The van der Waals surface area contributed by atoms with Crippen molar-refractivity contribution in [2.75, 3.05) is 0 Å². The number of rotatable bonds is 5. The van der Waals surface area contributed by atoms with E-state index in [1.165, 1.54) is 0 Å². The molecule has 0 radical (unpaired) electrons. The fourth-order valence-corrected chi connectivity index (χ4v) is 3.27. The molecule has 0 aliphatic heterocycles. The molecule has 2 heterocycles. The van der Waals surface area contributed by atoms with E-state index in [1.807, 2.05) is 42.8 Å². The molecule has 23 heavy (non-hydrogen) atoms. The van der Waals surface area contributed by atoms with E-state index >= 15 is 0 Å². The van der Waals surface area contributed by atoms with Crippen LogP contribution >= 0.6 is 11.3 Å². The second-order valence-corrected chi connectivity index (χ2v) is 6.22. The van der Waals surface area contributed by atoms with Crippen LogP contribution in [0.4, 0.5) is 0 Å². The van der Waals surface area contributed by atoms with Crippen LogP contribution in [0, 0.1) is 6.92 Å². The third kappa shape index (κ3) is 3.19. The average Bonchev–Trinajstić information content (AvgIpc) is 3.04. The molecule has 0 spiro atoms. The van der Waals surface area contributed by atoms with Gasteiger partial charge >= 0.3 is 4.87 Å². The number of aromatic nitrogens is 3. The maximum absolute atomic E-state index is 12.0. The van der Waals surface area contributed by atoms with E-state index in [0.717, 1.165) is 33.9 Å². The summed E-state index contributed by atoms with van der Waals surface area (Å²) in [5.41, 5.74) is 2.85. The van der Waals surface area contributed by atoms with Gasteiger partial charge in [-0.05, 0) is 19.1 Å². The zero-order chi connectivity index (χ0) is 16.4. The highest BCUT2D eigenvalue weighted by Gasteiger charge is 2.10. The lowest BCUT2D eigenvalue weighted by Crippen LogP contribution is -2.27. The summed E-state index contributed by atoms with van der Waals surface area (Å²) in [4.78, 5) is 28.1. The normalized spacial score (nSPS) is 11.0. The van der Waals surface area contributed by atoms with Crippen LogP contribution in [0.5, 0.6) is 0 Å². The van der Waals surface area contributed by atoms with Crippen molar-refractivity contribution >= 4 is 28.3 Å². The van der Waals surface area contributed by atoms with Crippen molar-refractivity contribution in [3.8, 4) is 0 Å². The van der Waals surface area contributed by atoms with Gasteiger partial charge in [0.25, 0.3) is 0 Å². The molecule has 0 atom stereocenters. The highest BCUT2D eigenvalue weighted by molar-refractivity contribution is 7.07.